The molecular formula is C15H14ClFN2O3. The number of benzene rings is 1. The molecule has 0 fully saturated rings. The van der Waals surface area contributed by atoms with E-state index in [1.54, 1.807) is 0 Å². The van der Waals surface area contributed by atoms with Gasteiger partial charge in [-0.3, -0.25) is 0 Å². The number of hydrogen-bond acceptors (Lipinski definition) is 4. The summed E-state index contributed by atoms with van der Waals surface area (Å²) < 4.78 is 25.2. The number of rotatable bonds is 3. The van der Waals surface area contributed by atoms with E-state index in [0.29, 0.717) is 0 Å². The molecule has 0 spiro atoms. The Bertz CT molecular complexity index is 797. The van der Waals surface area contributed by atoms with Gasteiger partial charge in [0.1, 0.15) is 23.1 Å². The van der Waals surface area contributed by atoms with Crippen LogP contribution in [-0.2, 0) is 5.41 Å². The fourth-order valence-corrected chi connectivity index (χ4v) is 1.96. The molecule has 0 aliphatic carbocycles. The standard InChI is InChI=1S/C15H14ClFN2O3/c1-5-8-21-10-7-6-9(17)12(11(10)16)19-14(20)22-13(18-19)15(2,3)4/h1,6-7H,8H2,2-4H3. The minimum Gasteiger partial charge on any atom is -0.479 e. The third kappa shape index (κ3) is 3.00. The smallest absolute Gasteiger partial charge is 0.442 e. The molecule has 2 rings (SSSR count). The fourth-order valence-electron chi connectivity index (χ4n) is 1.67. The van der Waals surface area contributed by atoms with Crippen LogP contribution in [0.1, 0.15) is 26.7 Å². The Balaban J connectivity index is 2.60. The average molecular weight is 325 g/mol. The first-order valence-electron chi connectivity index (χ1n) is 6.41. The summed E-state index contributed by atoms with van der Waals surface area (Å²) >= 11 is 6.10. The van der Waals surface area contributed by atoms with E-state index >= 15 is 0 Å². The Morgan fingerprint density at radius 1 is 1.50 bits per heavy atom. The van der Waals surface area contributed by atoms with Gasteiger partial charge >= 0.3 is 5.76 Å². The first-order chi connectivity index (χ1) is 10.3. The molecule has 1 heterocycles. The summed E-state index contributed by atoms with van der Waals surface area (Å²) in [5.41, 5.74) is -0.745. The highest BCUT2D eigenvalue weighted by molar-refractivity contribution is 6.33. The Morgan fingerprint density at radius 3 is 2.73 bits per heavy atom. The molecule has 5 nitrogen and oxygen atoms in total. The highest BCUT2D eigenvalue weighted by Crippen LogP contribution is 2.32. The second kappa shape index (κ2) is 5.85. The van der Waals surface area contributed by atoms with Crippen LogP contribution in [0, 0.1) is 18.2 Å². The van der Waals surface area contributed by atoms with Crippen LogP contribution >= 0.6 is 11.6 Å². The van der Waals surface area contributed by atoms with Gasteiger partial charge in [0.05, 0.1) is 0 Å². The van der Waals surface area contributed by atoms with Gasteiger partial charge in [-0.1, -0.05) is 38.3 Å². The summed E-state index contributed by atoms with van der Waals surface area (Å²) in [6.45, 7) is 5.40. The molecule has 7 heteroatoms. The number of halogens is 2. The minimum atomic E-state index is -0.833. The molecule has 2 aromatic rings. The van der Waals surface area contributed by atoms with Crippen molar-refractivity contribution in [1.29, 1.82) is 0 Å². The van der Waals surface area contributed by atoms with Gasteiger partial charge in [0.15, 0.2) is 5.82 Å². The lowest BCUT2D eigenvalue weighted by atomic mass is 9.97. The number of ether oxygens (including phenoxy) is 1. The van der Waals surface area contributed by atoms with Crippen molar-refractivity contribution in [3.63, 3.8) is 0 Å². The topological polar surface area (TPSA) is 57.3 Å². The van der Waals surface area contributed by atoms with E-state index < -0.39 is 17.0 Å². The summed E-state index contributed by atoms with van der Waals surface area (Å²) in [5, 5.41) is 3.91. The molecule has 116 valence electrons. The Morgan fingerprint density at radius 2 is 2.18 bits per heavy atom. The molecule has 0 unspecified atom stereocenters. The molecule has 0 saturated heterocycles. The van der Waals surface area contributed by atoms with E-state index in [4.69, 9.17) is 27.2 Å². The van der Waals surface area contributed by atoms with Crippen LogP contribution in [-0.4, -0.2) is 16.4 Å². The molecule has 0 aliphatic rings. The predicted octanol–water partition coefficient (Wildman–Crippen LogP) is 2.93. The number of hydrogen-bond donors (Lipinski definition) is 0. The lowest BCUT2D eigenvalue weighted by molar-refractivity contribution is 0.369. The second-order valence-corrected chi connectivity index (χ2v) is 5.91. The van der Waals surface area contributed by atoms with Gasteiger partial charge in [0.25, 0.3) is 0 Å². The molecule has 0 bridgehead atoms. The SMILES string of the molecule is C#CCOc1ccc(F)c(-n2nc(C(C)(C)C)oc2=O)c1Cl. The van der Waals surface area contributed by atoms with Crippen molar-refractivity contribution in [2.24, 2.45) is 0 Å². The molecule has 0 N–H and O–H groups in total. The second-order valence-electron chi connectivity index (χ2n) is 5.54. The van der Waals surface area contributed by atoms with Crippen LogP contribution in [0.5, 0.6) is 5.75 Å². The minimum absolute atomic E-state index is 0.0360. The zero-order valence-corrected chi connectivity index (χ0v) is 13.1. The first kappa shape index (κ1) is 16.1. The normalized spacial score (nSPS) is 11.3. The summed E-state index contributed by atoms with van der Waals surface area (Å²) in [6.07, 6.45) is 5.11. The fraction of sp³-hybridized carbons (Fsp3) is 0.333. The van der Waals surface area contributed by atoms with Crippen molar-refractivity contribution in [1.82, 2.24) is 9.78 Å². The van der Waals surface area contributed by atoms with Crippen LogP contribution in [0.4, 0.5) is 4.39 Å². The van der Waals surface area contributed by atoms with Gasteiger partial charge < -0.3 is 9.15 Å². The lowest BCUT2D eigenvalue weighted by Gasteiger charge is -2.12. The molecular weight excluding hydrogens is 311 g/mol. The van der Waals surface area contributed by atoms with E-state index in [2.05, 4.69) is 11.0 Å². The van der Waals surface area contributed by atoms with Crippen LogP contribution in [0.3, 0.4) is 0 Å². The van der Waals surface area contributed by atoms with Crippen LogP contribution in [0.25, 0.3) is 5.69 Å². The molecule has 0 atom stereocenters. The maximum Gasteiger partial charge on any atom is 0.442 e. The van der Waals surface area contributed by atoms with E-state index in [1.165, 1.54) is 6.07 Å². The zero-order valence-electron chi connectivity index (χ0n) is 12.3. The Hall–Kier alpha value is -2.26. The molecule has 1 aromatic heterocycles. The van der Waals surface area contributed by atoms with E-state index in [-0.39, 0.29) is 29.0 Å². The van der Waals surface area contributed by atoms with Gasteiger partial charge in [-0.2, -0.15) is 4.68 Å². The van der Waals surface area contributed by atoms with Crippen LogP contribution in [0.2, 0.25) is 5.02 Å². The Kier molecular flexibility index (Phi) is 4.29. The van der Waals surface area contributed by atoms with E-state index in [9.17, 15) is 9.18 Å². The van der Waals surface area contributed by atoms with Gasteiger partial charge in [-0.25, -0.2) is 9.18 Å². The summed E-state index contributed by atoms with van der Waals surface area (Å²) in [4.78, 5) is 12.0. The summed E-state index contributed by atoms with van der Waals surface area (Å²) in [7, 11) is 0. The lowest BCUT2D eigenvalue weighted by Crippen LogP contribution is -2.16. The average Bonchev–Trinajstić information content (AvgIpc) is 2.80. The molecule has 22 heavy (non-hydrogen) atoms. The third-order valence-corrected chi connectivity index (χ3v) is 3.11. The van der Waals surface area contributed by atoms with Gasteiger partial charge in [0.2, 0.25) is 5.89 Å². The maximum atomic E-state index is 14.1. The van der Waals surface area contributed by atoms with Crippen molar-refractivity contribution < 1.29 is 13.5 Å². The van der Waals surface area contributed by atoms with Crippen molar-refractivity contribution in [3.05, 3.63) is 39.4 Å². The quantitative estimate of drug-likeness (QED) is 0.815. The molecule has 0 radical (unpaired) electrons. The van der Waals surface area contributed by atoms with Gasteiger partial charge in [0, 0.05) is 5.41 Å². The monoisotopic (exact) mass is 324 g/mol. The van der Waals surface area contributed by atoms with Crippen LogP contribution in [0.15, 0.2) is 21.3 Å². The first-order valence-corrected chi connectivity index (χ1v) is 6.78. The molecule has 0 amide bonds. The van der Waals surface area contributed by atoms with Crippen molar-refractivity contribution >= 4 is 11.6 Å². The maximum absolute atomic E-state index is 14.1. The zero-order chi connectivity index (χ0) is 16.5. The van der Waals surface area contributed by atoms with Crippen molar-refractivity contribution in [2.75, 3.05) is 6.61 Å². The largest absolute Gasteiger partial charge is 0.479 e. The van der Waals surface area contributed by atoms with Gasteiger partial charge in [-0.15, -0.1) is 11.5 Å². The Labute approximate surface area is 131 Å². The number of terminal acetylenes is 1. The molecule has 1 aromatic carbocycles. The summed E-state index contributed by atoms with van der Waals surface area (Å²) in [6, 6.07) is 2.44. The van der Waals surface area contributed by atoms with Crippen molar-refractivity contribution in [3.8, 4) is 23.8 Å². The van der Waals surface area contributed by atoms with Crippen LogP contribution < -0.4 is 10.5 Å². The van der Waals surface area contributed by atoms with E-state index in [0.717, 1.165) is 10.7 Å². The van der Waals surface area contributed by atoms with Crippen molar-refractivity contribution in [2.45, 2.75) is 26.2 Å². The number of aromatic nitrogens is 2. The predicted molar refractivity (Wildman–Crippen MR) is 80.1 cm³/mol. The number of nitrogens with zero attached hydrogens (tertiary/aromatic N) is 2. The van der Waals surface area contributed by atoms with E-state index in [1.807, 2.05) is 20.8 Å². The highest BCUT2D eigenvalue weighted by Gasteiger charge is 2.25. The molecule has 0 aliphatic heterocycles. The summed E-state index contributed by atoms with van der Waals surface area (Å²) in [5.74, 6) is 1.04. The molecule has 0 saturated carbocycles. The highest BCUT2D eigenvalue weighted by atomic mass is 35.5. The van der Waals surface area contributed by atoms with Gasteiger partial charge in [-0.05, 0) is 12.1 Å². The third-order valence-electron chi connectivity index (χ3n) is 2.74.